The molecular weight excluding hydrogens is 284 g/mol. The zero-order valence-electron chi connectivity index (χ0n) is 13.4. The van der Waals surface area contributed by atoms with Crippen molar-refractivity contribution >= 4 is 17.4 Å². The van der Waals surface area contributed by atoms with Gasteiger partial charge in [0.25, 0.3) is 0 Å². The van der Waals surface area contributed by atoms with Gasteiger partial charge in [-0.05, 0) is 52.0 Å². The van der Waals surface area contributed by atoms with Crippen molar-refractivity contribution in [2.24, 2.45) is 0 Å². The predicted molar refractivity (Wildman–Crippen MR) is 89.7 cm³/mol. The van der Waals surface area contributed by atoms with Gasteiger partial charge in [-0.2, -0.15) is 0 Å². The van der Waals surface area contributed by atoms with Crippen molar-refractivity contribution in [3.8, 4) is 0 Å². The fraction of sp³-hybridized carbons (Fsp3) is 0.471. The van der Waals surface area contributed by atoms with Gasteiger partial charge in [0.15, 0.2) is 5.78 Å². The van der Waals surface area contributed by atoms with Gasteiger partial charge in [-0.3, -0.25) is 4.79 Å². The number of ketones is 1. The first-order chi connectivity index (χ1) is 10.1. The molecule has 1 aromatic carbocycles. The molecule has 0 aliphatic heterocycles. The summed E-state index contributed by atoms with van der Waals surface area (Å²) >= 11 is 5.87. The molecule has 0 saturated carbocycles. The number of benzene rings is 1. The standard InChI is InChI=1S/C17H25ClN2O/c1-5-19(6-2)17(20(7-3)8-4)13-16(21)14-9-11-15(18)12-10-14/h9-13H,5-8H2,1-4H3. The van der Waals surface area contributed by atoms with E-state index in [1.54, 1.807) is 30.3 Å². The quantitative estimate of drug-likeness (QED) is 0.535. The average molecular weight is 309 g/mol. The summed E-state index contributed by atoms with van der Waals surface area (Å²) < 4.78 is 0. The number of hydrogen-bond donors (Lipinski definition) is 0. The lowest BCUT2D eigenvalue weighted by atomic mass is 10.1. The van der Waals surface area contributed by atoms with E-state index in [2.05, 4.69) is 37.5 Å². The Bertz CT molecular complexity index is 460. The second-order valence-electron chi connectivity index (χ2n) is 4.72. The smallest absolute Gasteiger partial charge is 0.189 e. The van der Waals surface area contributed by atoms with Crippen molar-refractivity contribution in [1.29, 1.82) is 0 Å². The molecular formula is C17H25ClN2O. The molecule has 0 heterocycles. The summed E-state index contributed by atoms with van der Waals surface area (Å²) in [6.07, 6.45) is 1.74. The van der Waals surface area contributed by atoms with Gasteiger partial charge < -0.3 is 9.80 Å². The summed E-state index contributed by atoms with van der Waals surface area (Å²) in [5.74, 6) is 1.01. The number of nitrogens with zero attached hydrogens (tertiary/aromatic N) is 2. The molecule has 0 fully saturated rings. The van der Waals surface area contributed by atoms with Crippen LogP contribution in [0.15, 0.2) is 36.2 Å². The van der Waals surface area contributed by atoms with Gasteiger partial charge in [0.2, 0.25) is 0 Å². The van der Waals surface area contributed by atoms with E-state index in [0.717, 1.165) is 32.0 Å². The number of halogens is 1. The second kappa shape index (κ2) is 8.73. The molecule has 4 heteroatoms. The lowest BCUT2D eigenvalue weighted by molar-refractivity contribution is 0.103. The molecule has 0 N–H and O–H groups in total. The summed E-state index contributed by atoms with van der Waals surface area (Å²) in [6, 6.07) is 7.03. The summed E-state index contributed by atoms with van der Waals surface area (Å²) in [6.45, 7) is 11.9. The highest BCUT2D eigenvalue weighted by atomic mass is 35.5. The van der Waals surface area contributed by atoms with Crippen LogP contribution < -0.4 is 0 Å². The van der Waals surface area contributed by atoms with Crippen LogP contribution in [0.1, 0.15) is 38.1 Å². The van der Waals surface area contributed by atoms with E-state index in [-0.39, 0.29) is 5.78 Å². The fourth-order valence-corrected chi connectivity index (χ4v) is 2.42. The number of carbonyl (C=O) groups excluding carboxylic acids is 1. The van der Waals surface area contributed by atoms with Crippen LogP contribution in [0.2, 0.25) is 5.02 Å². The van der Waals surface area contributed by atoms with Crippen molar-refractivity contribution in [3.63, 3.8) is 0 Å². The maximum absolute atomic E-state index is 12.5. The minimum absolute atomic E-state index is 0.0143. The largest absolute Gasteiger partial charge is 0.359 e. The topological polar surface area (TPSA) is 23.6 Å². The molecule has 0 radical (unpaired) electrons. The van der Waals surface area contributed by atoms with E-state index in [0.29, 0.717) is 10.6 Å². The molecule has 0 atom stereocenters. The number of carbonyl (C=O) groups is 1. The minimum atomic E-state index is 0.0143. The molecule has 116 valence electrons. The zero-order chi connectivity index (χ0) is 15.8. The number of hydrogen-bond acceptors (Lipinski definition) is 3. The number of rotatable bonds is 8. The third kappa shape index (κ3) is 4.78. The van der Waals surface area contributed by atoms with Crippen LogP contribution >= 0.6 is 11.6 Å². The summed E-state index contributed by atoms with van der Waals surface area (Å²) in [5.41, 5.74) is 0.663. The van der Waals surface area contributed by atoms with E-state index >= 15 is 0 Å². The highest BCUT2D eigenvalue weighted by Crippen LogP contribution is 2.15. The molecule has 21 heavy (non-hydrogen) atoms. The van der Waals surface area contributed by atoms with Gasteiger partial charge in [0, 0.05) is 42.8 Å². The Morgan fingerprint density at radius 1 is 0.952 bits per heavy atom. The van der Waals surface area contributed by atoms with Crippen LogP contribution in [-0.4, -0.2) is 41.8 Å². The molecule has 0 saturated heterocycles. The van der Waals surface area contributed by atoms with Gasteiger partial charge in [-0.1, -0.05) is 11.6 Å². The van der Waals surface area contributed by atoms with Crippen molar-refractivity contribution in [2.45, 2.75) is 27.7 Å². The molecule has 0 unspecified atom stereocenters. The van der Waals surface area contributed by atoms with Crippen molar-refractivity contribution in [1.82, 2.24) is 9.80 Å². The van der Waals surface area contributed by atoms with E-state index in [1.165, 1.54) is 0 Å². The number of allylic oxidation sites excluding steroid dienone is 1. The highest BCUT2D eigenvalue weighted by Gasteiger charge is 2.14. The van der Waals surface area contributed by atoms with E-state index in [1.807, 2.05) is 0 Å². The molecule has 1 rings (SSSR count). The summed E-state index contributed by atoms with van der Waals surface area (Å²) in [4.78, 5) is 16.9. The Morgan fingerprint density at radius 3 is 1.76 bits per heavy atom. The Hall–Kier alpha value is -1.48. The fourth-order valence-electron chi connectivity index (χ4n) is 2.29. The van der Waals surface area contributed by atoms with Crippen LogP contribution in [-0.2, 0) is 0 Å². The zero-order valence-corrected chi connectivity index (χ0v) is 14.2. The third-order valence-corrected chi connectivity index (χ3v) is 3.82. The highest BCUT2D eigenvalue weighted by molar-refractivity contribution is 6.30. The lowest BCUT2D eigenvalue weighted by Gasteiger charge is -2.33. The van der Waals surface area contributed by atoms with Crippen LogP contribution in [0.4, 0.5) is 0 Å². The van der Waals surface area contributed by atoms with Crippen molar-refractivity contribution < 1.29 is 4.79 Å². The van der Waals surface area contributed by atoms with Gasteiger partial charge in [-0.15, -0.1) is 0 Å². The van der Waals surface area contributed by atoms with Crippen molar-refractivity contribution in [3.05, 3.63) is 46.7 Å². The maximum atomic E-state index is 12.5. The van der Waals surface area contributed by atoms with Gasteiger partial charge in [-0.25, -0.2) is 0 Å². The summed E-state index contributed by atoms with van der Waals surface area (Å²) in [5, 5.41) is 0.642. The van der Waals surface area contributed by atoms with E-state index < -0.39 is 0 Å². The average Bonchev–Trinajstić information content (AvgIpc) is 2.50. The third-order valence-electron chi connectivity index (χ3n) is 3.56. The van der Waals surface area contributed by atoms with Gasteiger partial charge in [0.1, 0.15) is 5.82 Å². The molecule has 0 aliphatic rings. The first-order valence-electron chi connectivity index (χ1n) is 7.58. The normalized spacial score (nSPS) is 10.1. The Kier molecular flexibility index (Phi) is 7.30. The van der Waals surface area contributed by atoms with Crippen LogP contribution in [0, 0.1) is 0 Å². The van der Waals surface area contributed by atoms with Crippen LogP contribution in [0.3, 0.4) is 0 Å². The predicted octanol–water partition coefficient (Wildman–Crippen LogP) is 4.05. The SMILES string of the molecule is CCN(CC)C(=CC(=O)c1ccc(Cl)cc1)N(CC)CC. The second-order valence-corrected chi connectivity index (χ2v) is 5.15. The molecule has 0 amide bonds. The summed E-state index contributed by atoms with van der Waals surface area (Å²) in [7, 11) is 0. The lowest BCUT2D eigenvalue weighted by Crippen LogP contribution is -2.36. The maximum Gasteiger partial charge on any atom is 0.189 e. The molecule has 0 aliphatic carbocycles. The van der Waals surface area contributed by atoms with Gasteiger partial charge >= 0.3 is 0 Å². The van der Waals surface area contributed by atoms with Crippen LogP contribution in [0.25, 0.3) is 0 Å². The Morgan fingerprint density at radius 2 is 1.38 bits per heavy atom. The molecule has 1 aromatic rings. The van der Waals surface area contributed by atoms with E-state index in [4.69, 9.17) is 11.6 Å². The minimum Gasteiger partial charge on any atom is -0.359 e. The first kappa shape index (κ1) is 17.6. The monoisotopic (exact) mass is 308 g/mol. The molecule has 0 spiro atoms. The van der Waals surface area contributed by atoms with Gasteiger partial charge in [0.05, 0.1) is 0 Å². The first-order valence-corrected chi connectivity index (χ1v) is 7.96. The van der Waals surface area contributed by atoms with Crippen molar-refractivity contribution in [2.75, 3.05) is 26.2 Å². The molecule has 0 bridgehead atoms. The Labute approximate surface area is 133 Å². The Balaban J connectivity index is 3.11. The molecule has 3 nitrogen and oxygen atoms in total. The molecule has 0 aromatic heterocycles. The van der Waals surface area contributed by atoms with Crippen LogP contribution in [0.5, 0.6) is 0 Å². The van der Waals surface area contributed by atoms with E-state index in [9.17, 15) is 4.79 Å².